The average molecular weight is 336 g/mol. The molecule has 1 saturated heterocycles. The molecular weight excluding hydrogens is 317 g/mol. The van der Waals surface area contributed by atoms with Crippen LogP contribution in [0.25, 0.3) is 0 Å². The van der Waals surface area contributed by atoms with E-state index in [1.54, 1.807) is 0 Å². The van der Waals surface area contributed by atoms with Crippen LogP contribution in [-0.2, 0) is 4.79 Å². The minimum Gasteiger partial charge on any atom is -0.481 e. The van der Waals surface area contributed by atoms with Gasteiger partial charge in [0.1, 0.15) is 0 Å². The highest BCUT2D eigenvalue weighted by atomic mass is 35.5. The zero-order valence-corrected chi connectivity index (χ0v) is 13.8. The summed E-state index contributed by atoms with van der Waals surface area (Å²) in [6.07, 6.45) is 3.26. The molecule has 112 valence electrons. The highest BCUT2D eigenvalue weighted by Crippen LogP contribution is 2.38. The highest BCUT2D eigenvalue weighted by molar-refractivity contribution is 7.20. The maximum Gasteiger partial charge on any atom is 0.303 e. The van der Waals surface area contributed by atoms with Crippen LogP contribution >= 0.6 is 34.5 Å². The number of carbonyl (C=O) groups is 1. The van der Waals surface area contributed by atoms with Crippen molar-refractivity contribution in [2.75, 3.05) is 13.1 Å². The summed E-state index contributed by atoms with van der Waals surface area (Å²) < 4.78 is 1.48. The number of nitrogens with zero attached hydrogens (tertiary/aromatic N) is 1. The number of likely N-dealkylation sites (tertiary alicyclic amines) is 1. The lowest BCUT2D eigenvalue weighted by molar-refractivity contribution is -0.137. The van der Waals surface area contributed by atoms with E-state index < -0.39 is 5.97 Å². The molecule has 20 heavy (non-hydrogen) atoms. The summed E-state index contributed by atoms with van der Waals surface area (Å²) in [5, 5.41) is 8.79. The van der Waals surface area contributed by atoms with Crippen LogP contribution in [0.1, 0.15) is 44.2 Å². The molecular formula is C14H19Cl2NO2S. The van der Waals surface area contributed by atoms with Crippen LogP contribution in [0.5, 0.6) is 0 Å². The molecule has 6 heteroatoms. The zero-order chi connectivity index (χ0) is 14.7. The molecule has 2 heterocycles. The van der Waals surface area contributed by atoms with Crippen molar-refractivity contribution in [2.24, 2.45) is 5.92 Å². The Morgan fingerprint density at radius 3 is 2.95 bits per heavy atom. The lowest BCUT2D eigenvalue weighted by atomic mass is 9.92. The Kier molecular flexibility index (Phi) is 5.73. The van der Waals surface area contributed by atoms with Gasteiger partial charge in [0.25, 0.3) is 0 Å². The molecule has 0 aliphatic carbocycles. The third-order valence-electron chi connectivity index (χ3n) is 4.00. The highest BCUT2D eigenvalue weighted by Gasteiger charge is 2.26. The molecule has 0 saturated carbocycles. The second-order valence-electron chi connectivity index (χ2n) is 5.39. The first-order chi connectivity index (χ1) is 9.47. The van der Waals surface area contributed by atoms with Crippen molar-refractivity contribution in [3.8, 4) is 0 Å². The van der Waals surface area contributed by atoms with Gasteiger partial charge in [0.2, 0.25) is 0 Å². The van der Waals surface area contributed by atoms with Crippen molar-refractivity contribution < 1.29 is 9.90 Å². The third-order valence-corrected chi connectivity index (χ3v) is 5.52. The van der Waals surface area contributed by atoms with Gasteiger partial charge >= 0.3 is 5.97 Å². The minimum atomic E-state index is -0.706. The number of carboxylic acids is 1. The lowest BCUT2D eigenvalue weighted by Gasteiger charge is -2.36. The number of carboxylic acid groups (broad SMARTS) is 1. The second kappa shape index (κ2) is 7.12. The molecule has 1 aliphatic rings. The Hall–Kier alpha value is -0.290. The van der Waals surface area contributed by atoms with Gasteiger partial charge in [0.15, 0.2) is 0 Å². The summed E-state index contributed by atoms with van der Waals surface area (Å²) in [7, 11) is 0. The molecule has 2 atom stereocenters. The van der Waals surface area contributed by atoms with Crippen molar-refractivity contribution in [1.82, 2.24) is 4.90 Å². The first kappa shape index (κ1) is 16.1. The largest absolute Gasteiger partial charge is 0.481 e. The standard InChI is InChI=1S/C14H19Cl2NO2S/c1-9(11-7-12(15)20-14(11)16)17-6-2-3-10(8-17)4-5-13(18)19/h7,9-10H,2-6,8H2,1H3,(H,18,19). The van der Waals surface area contributed by atoms with Crippen LogP contribution in [0.15, 0.2) is 6.07 Å². The number of hydrogen-bond acceptors (Lipinski definition) is 3. The molecule has 1 N–H and O–H groups in total. The number of piperidine rings is 1. The van der Waals surface area contributed by atoms with Crippen LogP contribution in [0.3, 0.4) is 0 Å². The number of thiophene rings is 1. The first-order valence-corrected chi connectivity index (χ1v) is 8.45. The quantitative estimate of drug-likeness (QED) is 0.848. The third kappa shape index (κ3) is 4.10. The van der Waals surface area contributed by atoms with Crippen molar-refractivity contribution in [2.45, 2.75) is 38.6 Å². The van der Waals surface area contributed by atoms with Gasteiger partial charge in [-0.25, -0.2) is 0 Å². The van der Waals surface area contributed by atoms with Gasteiger partial charge in [0.05, 0.1) is 8.67 Å². The molecule has 0 radical (unpaired) electrons. The van der Waals surface area contributed by atoms with Gasteiger partial charge in [-0.15, -0.1) is 11.3 Å². The van der Waals surface area contributed by atoms with Crippen molar-refractivity contribution in [3.63, 3.8) is 0 Å². The van der Waals surface area contributed by atoms with Crippen molar-refractivity contribution in [1.29, 1.82) is 0 Å². The van der Waals surface area contributed by atoms with Crippen molar-refractivity contribution in [3.05, 3.63) is 20.3 Å². The minimum absolute atomic E-state index is 0.235. The van der Waals surface area contributed by atoms with Crippen LogP contribution in [-0.4, -0.2) is 29.1 Å². The number of halogens is 2. The van der Waals surface area contributed by atoms with Crippen LogP contribution in [0, 0.1) is 5.92 Å². The zero-order valence-electron chi connectivity index (χ0n) is 11.4. The van der Waals surface area contributed by atoms with Gasteiger partial charge in [-0.05, 0) is 44.7 Å². The Bertz CT molecular complexity index is 478. The molecule has 1 aliphatic heterocycles. The Morgan fingerprint density at radius 2 is 2.35 bits per heavy atom. The molecule has 0 bridgehead atoms. The Labute approximate surface area is 133 Å². The summed E-state index contributed by atoms with van der Waals surface area (Å²) in [5.41, 5.74) is 1.08. The topological polar surface area (TPSA) is 40.5 Å². The first-order valence-electron chi connectivity index (χ1n) is 6.88. The average Bonchev–Trinajstić information content (AvgIpc) is 2.75. The van der Waals surface area contributed by atoms with E-state index >= 15 is 0 Å². The van der Waals surface area contributed by atoms with E-state index in [2.05, 4.69) is 11.8 Å². The maximum atomic E-state index is 10.7. The predicted molar refractivity (Wildman–Crippen MR) is 83.9 cm³/mol. The normalized spacial score (nSPS) is 21.9. The van der Waals surface area contributed by atoms with Gasteiger partial charge in [-0.3, -0.25) is 9.69 Å². The second-order valence-corrected chi connectivity index (χ2v) is 7.68. The summed E-state index contributed by atoms with van der Waals surface area (Å²) in [6.45, 7) is 4.12. The summed E-state index contributed by atoms with van der Waals surface area (Å²) in [4.78, 5) is 13.1. The van der Waals surface area contributed by atoms with Gasteiger partial charge in [-0.2, -0.15) is 0 Å². The molecule has 3 nitrogen and oxygen atoms in total. The molecule has 1 fully saturated rings. The smallest absolute Gasteiger partial charge is 0.303 e. The lowest BCUT2D eigenvalue weighted by Crippen LogP contribution is -2.37. The van der Waals surface area contributed by atoms with E-state index in [4.69, 9.17) is 28.3 Å². The van der Waals surface area contributed by atoms with Gasteiger partial charge in [-0.1, -0.05) is 23.2 Å². The monoisotopic (exact) mass is 335 g/mol. The molecule has 1 aromatic rings. The Balaban J connectivity index is 1.97. The predicted octanol–water partition coefficient (Wildman–Crippen LogP) is 4.69. The fraction of sp³-hybridized carbons (Fsp3) is 0.643. The number of aliphatic carboxylic acids is 1. The van der Waals surface area contributed by atoms with E-state index in [1.807, 2.05) is 6.07 Å². The summed E-state index contributed by atoms with van der Waals surface area (Å²) >= 11 is 13.6. The maximum absolute atomic E-state index is 10.7. The van der Waals surface area contributed by atoms with Gasteiger partial charge < -0.3 is 5.11 Å². The molecule has 2 unspecified atom stereocenters. The van der Waals surface area contributed by atoms with E-state index in [0.717, 1.165) is 46.6 Å². The van der Waals surface area contributed by atoms with E-state index in [1.165, 1.54) is 11.3 Å². The summed E-state index contributed by atoms with van der Waals surface area (Å²) in [6, 6.07) is 2.18. The number of hydrogen-bond donors (Lipinski definition) is 1. The molecule has 1 aromatic heterocycles. The van der Waals surface area contributed by atoms with E-state index in [-0.39, 0.29) is 12.5 Å². The van der Waals surface area contributed by atoms with Crippen LogP contribution in [0.4, 0.5) is 0 Å². The van der Waals surface area contributed by atoms with Crippen LogP contribution in [0.2, 0.25) is 8.67 Å². The fourth-order valence-corrected chi connectivity index (χ4v) is 4.48. The molecule has 0 aromatic carbocycles. The van der Waals surface area contributed by atoms with Crippen LogP contribution < -0.4 is 0 Å². The Morgan fingerprint density at radius 1 is 1.60 bits per heavy atom. The van der Waals surface area contributed by atoms with E-state index in [0.29, 0.717) is 5.92 Å². The molecule has 2 rings (SSSR count). The van der Waals surface area contributed by atoms with Gasteiger partial charge in [0, 0.05) is 24.6 Å². The SMILES string of the molecule is CC(c1cc(Cl)sc1Cl)N1CCCC(CCC(=O)O)C1. The summed E-state index contributed by atoms with van der Waals surface area (Å²) in [5.74, 6) is -0.238. The molecule has 0 amide bonds. The number of rotatable bonds is 5. The van der Waals surface area contributed by atoms with E-state index in [9.17, 15) is 4.79 Å². The fourth-order valence-electron chi connectivity index (χ4n) is 2.85. The molecule has 0 spiro atoms. The van der Waals surface area contributed by atoms with Crippen molar-refractivity contribution >= 4 is 40.5 Å².